The Hall–Kier alpha value is -0.540. The van der Waals surface area contributed by atoms with E-state index < -0.39 is 0 Å². The minimum absolute atomic E-state index is 0.723. The van der Waals surface area contributed by atoms with Crippen molar-refractivity contribution < 1.29 is 9.22 Å². The standard InChI is InChI=1S/C17H25BrNO/c1-19-11-5-4-9-16(19)14(7-6-12-19)13-20-17-10-3-2-8-15(17)18/h2-3,8,10,14,16H,4-7,9,11-13H2,1H3/q+1. The van der Waals surface area contributed by atoms with Gasteiger partial charge in [-0.2, -0.15) is 0 Å². The predicted molar refractivity (Wildman–Crippen MR) is 85.9 cm³/mol. The Labute approximate surface area is 130 Å². The van der Waals surface area contributed by atoms with Crippen molar-refractivity contribution >= 4 is 15.9 Å². The molecule has 0 bridgehead atoms. The molecule has 3 rings (SSSR count). The van der Waals surface area contributed by atoms with Gasteiger partial charge in [0.15, 0.2) is 0 Å². The SMILES string of the molecule is C[N+]12CCCCC1C(COc1ccccc1Br)CCC2. The Morgan fingerprint density at radius 2 is 1.95 bits per heavy atom. The summed E-state index contributed by atoms with van der Waals surface area (Å²) < 4.78 is 8.48. The third-order valence-electron chi connectivity index (χ3n) is 5.30. The van der Waals surface area contributed by atoms with Crippen LogP contribution in [0, 0.1) is 5.92 Å². The normalized spacial score (nSPS) is 33.5. The number of piperidine rings is 2. The van der Waals surface area contributed by atoms with Gasteiger partial charge in [-0.1, -0.05) is 12.1 Å². The van der Waals surface area contributed by atoms with Crippen LogP contribution in [0.4, 0.5) is 0 Å². The maximum atomic E-state index is 6.11. The van der Waals surface area contributed by atoms with Crippen molar-refractivity contribution in [3.8, 4) is 5.75 Å². The van der Waals surface area contributed by atoms with Gasteiger partial charge in [-0.25, -0.2) is 0 Å². The van der Waals surface area contributed by atoms with Gasteiger partial charge in [0, 0.05) is 12.3 Å². The second kappa shape index (κ2) is 6.07. The zero-order valence-corrected chi connectivity index (χ0v) is 13.9. The van der Waals surface area contributed by atoms with Crippen LogP contribution in [-0.2, 0) is 0 Å². The Bertz CT molecular complexity index is 460. The molecule has 1 aromatic rings. The van der Waals surface area contributed by atoms with Crippen LogP contribution in [0.2, 0.25) is 0 Å². The maximum absolute atomic E-state index is 6.11. The van der Waals surface area contributed by atoms with Crippen LogP contribution in [0.1, 0.15) is 32.1 Å². The quantitative estimate of drug-likeness (QED) is 0.749. The van der Waals surface area contributed by atoms with Crippen LogP contribution in [0.5, 0.6) is 5.75 Å². The van der Waals surface area contributed by atoms with E-state index in [1.807, 2.05) is 12.1 Å². The number of para-hydroxylation sites is 1. The van der Waals surface area contributed by atoms with Crippen LogP contribution in [-0.4, -0.2) is 37.3 Å². The number of quaternary nitrogens is 1. The Morgan fingerprint density at radius 1 is 1.15 bits per heavy atom. The van der Waals surface area contributed by atoms with E-state index in [0.717, 1.165) is 28.8 Å². The summed E-state index contributed by atoms with van der Waals surface area (Å²) in [4.78, 5) is 0. The number of halogens is 1. The van der Waals surface area contributed by atoms with Crippen molar-refractivity contribution in [3.05, 3.63) is 28.7 Å². The lowest BCUT2D eigenvalue weighted by atomic mass is 9.82. The van der Waals surface area contributed by atoms with Crippen LogP contribution >= 0.6 is 15.9 Å². The van der Waals surface area contributed by atoms with E-state index in [1.54, 1.807) is 0 Å². The van der Waals surface area contributed by atoms with E-state index >= 15 is 0 Å². The average Bonchev–Trinajstić information content (AvgIpc) is 2.45. The molecule has 2 fully saturated rings. The topological polar surface area (TPSA) is 9.23 Å². The minimum Gasteiger partial charge on any atom is -0.492 e. The first-order valence-electron chi connectivity index (χ1n) is 7.91. The molecule has 2 saturated heterocycles. The lowest BCUT2D eigenvalue weighted by Crippen LogP contribution is -2.61. The van der Waals surface area contributed by atoms with Gasteiger partial charge in [-0.05, 0) is 53.7 Å². The van der Waals surface area contributed by atoms with Gasteiger partial charge >= 0.3 is 0 Å². The molecule has 0 aliphatic carbocycles. The summed E-state index contributed by atoms with van der Waals surface area (Å²) in [6.45, 7) is 3.62. The van der Waals surface area contributed by atoms with Gasteiger partial charge < -0.3 is 9.22 Å². The highest BCUT2D eigenvalue weighted by molar-refractivity contribution is 9.10. The molecule has 0 radical (unpaired) electrons. The zero-order chi connectivity index (χ0) is 14.0. The first-order valence-corrected chi connectivity index (χ1v) is 8.70. The molecule has 0 saturated carbocycles. The molecule has 2 heterocycles. The number of rotatable bonds is 3. The molecule has 0 amide bonds. The van der Waals surface area contributed by atoms with E-state index in [-0.39, 0.29) is 0 Å². The molecule has 0 N–H and O–H groups in total. The highest BCUT2D eigenvalue weighted by Gasteiger charge is 2.43. The van der Waals surface area contributed by atoms with E-state index in [9.17, 15) is 0 Å². The fourth-order valence-corrected chi connectivity index (χ4v) is 4.59. The van der Waals surface area contributed by atoms with Gasteiger partial charge in [-0.3, -0.25) is 0 Å². The Morgan fingerprint density at radius 3 is 2.80 bits per heavy atom. The second-order valence-corrected chi connectivity index (χ2v) is 7.49. The molecule has 3 heteroatoms. The second-order valence-electron chi connectivity index (χ2n) is 6.63. The summed E-state index contributed by atoms with van der Waals surface area (Å²) in [7, 11) is 2.47. The monoisotopic (exact) mass is 338 g/mol. The predicted octanol–water partition coefficient (Wildman–Crippen LogP) is 4.24. The molecule has 0 spiro atoms. The summed E-state index contributed by atoms with van der Waals surface area (Å²) >= 11 is 3.57. The van der Waals surface area contributed by atoms with E-state index in [4.69, 9.17) is 4.74 Å². The fourth-order valence-electron chi connectivity index (χ4n) is 4.19. The van der Waals surface area contributed by atoms with Crippen molar-refractivity contribution in [2.24, 2.45) is 5.92 Å². The smallest absolute Gasteiger partial charge is 0.133 e. The van der Waals surface area contributed by atoms with E-state index in [1.165, 1.54) is 49.7 Å². The first-order chi connectivity index (χ1) is 9.69. The van der Waals surface area contributed by atoms with Gasteiger partial charge in [0.25, 0.3) is 0 Å². The molecule has 110 valence electrons. The summed E-state index contributed by atoms with van der Waals surface area (Å²) in [5, 5.41) is 0. The summed E-state index contributed by atoms with van der Waals surface area (Å²) in [6, 6.07) is 9.01. The molecular formula is C17H25BrNO+. The lowest BCUT2D eigenvalue weighted by molar-refractivity contribution is -0.947. The highest BCUT2D eigenvalue weighted by Crippen LogP contribution is 2.36. The average molecular weight is 339 g/mol. The Kier molecular flexibility index (Phi) is 4.37. The molecule has 2 aliphatic rings. The van der Waals surface area contributed by atoms with Gasteiger partial charge in [0.2, 0.25) is 0 Å². The van der Waals surface area contributed by atoms with Crippen LogP contribution < -0.4 is 4.74 Å². The molecule has 0 aromatic heterocycles. The van der Waals surface area contributed by atoms with Crippen LogP contribution in [0.15, 0.2) is 28.7 Å². The first kappa shape index (κ1) is 14.4. The van der Waals surface area contributed by atoms with Crippen molar-refractivity contribution in [1.29, 1.82) is 0 Å². The van der Waals surface area contributed by atoms with Gasteiger partial charge in [0.1, 0.15) is 5.75 Å². The zero-order valence-electron chi connectivity index (χ0n) is 12.4. The number of ether oxygens (including phenoxy) is 1. The number of nitrogens with zero attached hydrogens (tertiary/aromatic N) is 1. The van der Waals surface area contributed by atoms with Crippen molar-refractivity contribution in [2.75, 3.05) is 26.7 Å². The number of benzene rings is 1. The van der Waals surface area contributed by atoms with Crippen molar-refractivity contribution in [3.63, 3.8) is 0 Å². The highest BCUT2D eigenvalue weighted by atomic mass is 79.9. The van der Waals surface area contributed by atoms with E-state index in [2.05, 4.69) is 35.1 Å². The number of hydrogen-bond donors (Lipinski definition) is 0. The third kappa shape index (κ3) is 2.89. The minimum atomic E-state index is 0.723. The molecule has 2 aliphatic heterocycles. The van der Waals surface area contributed by atoms with Crippen LogP contribution in [0.25, 0.3) is 0 Å². The van der Waals surface area contributed by atoms with Crippen molar-refractivity contribution in [1.82, 2.24) is 0 Å². The fraction of sp³-hybridized carbons (Fsp3) is 0.647. The maximum Gasteiger partial charge on any atom is 0.133 e. The third-order valence-corrected chi connectivity index (χ3v) is 5.95. The molecule has 1 aromatic carbocycles. The summed E-state index contributed by atoms with van der Waals surface area (Å²) in [6.07, 6.45) is 6.90. The molecule has 20 heavy (non-hydrogen) atoms. The molecular weight excluding hydrogens is 314 g/mol. The molecule has 2 nitrogen and oxygen atoms in total. The molecule has 3 unspecified atom stereocenters. The van der Waals surface area contributed by atoms with Gasteiger partial charge in [-0.15, -0.1) is 0 Å². The van der Waals surface area contributed by atoms with Crippen LogP contribution in [0.3, 0.4) is 0 Å². The summed E-state index contributed by atoms with van der Waals surface area (Å²) in [5.41, 5.74) is 0. The number of fused-ring (bicyclic) bond motifs is 1. The lowest BCUT2D eigenvalue weighted by Gasteiger charge is -2.51. The van der Waals surface area contributed by atoms with Crippen molar-refractivity contribution in [2.45, 2.75) is 38.1 Å². The molecule has 3 atom stereocenters. The van der Waals surface area contributed by atoms with E-state index in [0.29, 0.717) is 0 Å². The Balaban J connectivity index is 1.66. The summed E-state index contributed by atoms with van der Waals surface area (Å²) in [5.74, 6) is 1.71. The largest absolute Gasteiger partial charge is 0.492 e. The number of hydrogen-bond acceptors (Lipinski definition) is 1. The van der Waals surface area contributed by atoms with Gasteiger partial charge in [0.05, 0.1) is 37.3 Å².